The largest absolute Gasteiger partial charge is 0.416 e. The second-order valence-electron chi connectivity index (χ2n) is 30.5. The van der Waals surface area contributed by atoms with Crippen LogP contribution in [0.2, 0.25) is 0 Å². The molecule has 0 radical (unpaired) electrons. The van der Waals surface area contributed by atoms with E-state index in [9.17, 15) is 49.9 Å². The number of nitrogens with one attached hydrogen (secondary N) is 4. The molecule has 4 N–H and O–H groups in total. The lowest BCUT2D eigenvalue weighted by Crippen LogP contribution is -2.26. The van der Waals surface area contributed by atoms with Crippen LogP contribution >= 0.6 is 0 Å². The number of nitriles is 1. The maximum Gasteiger partial charge on any atom is 0.416 e. The van der Waals surface area contributed by atoms with E-state index < -0.39 is 29.4 Å². The zero-order chi connectivity index (χ0) is 81.5. The summed E-state index contributed by atoms with van der Waals surface area (Å²) in [5.74, 6) is 1.08. The normalized spacial score (nSPS) is 19.2. The minimum Gasteiger partial charge on any atom is -0.381 e. The predicted molar refractivity (Wildman–Crippen MR) is 418 cm³/mol. The third-order valence-electron chi connectivity index (χ3n) is 22.3. The third kappa shape index (κ3) is 18.7. The minimum absolute atomic E-state index is 0.0346. The highest BCUT2D eigenvalue weighted by molar-refractivity contribution is 6.01. The van der Waals surface area contributed by atoms with Gasteiger partial charge in [0.1, 0.15) is 50.7 Å². The molecular formula is C82H87F7N20O8. The average Bonchev–Trinajstić information content (AvgIpc) is 1.68. The molecule has 0 bridgehead atoms. The zero-order valence-corrected chi connectivity index (χ0v) is 64.2. The number of aromatic amines is 4. The van der Waals surface area contributed by atoms with Crippen LogP contribution in [0.15, 0.2) is 135 Å². The maximum absolute atomic E-state index is 13.2. The molecule has 6 fully saturated rings. The van der Waals surface area contributed by atoms with Crippen molar-refractivity contribution < 1.29 is 49.7 Å². The SMILES string of the molecule is C=C1CC(Cc2cccc(C#N)c2)=Nc2c1cnn2C1CCOC1.CCC(Cc1nc2c(cnn2C2CCOC2)c(=O)[nH]1)C(F)(F)F.O=c1[nH]c(CC2CCOC2)nc2c1cnn2C1CCOC1.O=c1[nH]c(Cc2ccc(F)cc2)nc2c1cnn2C1CCCC1.O=c1[nH]c(Cc2ccccc2C(F)(F)F)nc2c1cnn2C1CCCC1. The van der Waals surface area contributed by atoms with Gasteiger partial charge in [0.15, 0.2) is 28.4 Å². The van der Waals surface area contributed by atoms with E-state index in [1.807, 2.05) is 44.5 Å². The molecule has 28 nitrogen and oxygen atoms in total. The van der Waals surface area contributed by atoms with Gasteiger partial charge in [0.2, 0.25) is 0 Å². The number of aromatic nitrogens is 18. The van der Waals surface area contributed by atoms with Crippen LogP contribution in [0, 0.1) is 29.0 Å². The summed E-state index contributed by atoms with van der Waals surface area (Å²) in [6, 6.07) is 22.3. The molecule has 0 spiro atoms. The molecule has 12 aromatic rings. The van der Waals surface area contributed by atoms with Crippen molar-refractivity contribution >= 4 is 61.2 Å². The number of H-pyrrole nitrogens is 4. The summed E-state index contributed by atoms with van der Waals surface area (Å²) < 4.78 is 122. The highest BCUT2D eigenvalue weighted by Gasteiger charge is 2.39. The van der Waals surface area contributed by atoms with Crippen LogP contribution in [0.5, 0.6) is 0 Å². The molecule has 14 heterocycles. The minimum atomic E-state index is -4.45. The van der Waals surface area contributed by atoms with Crippen LogP contribution in [0.25, 0.3) is 49.7 Å². The molecule has 3 aromatic carbocycles. The van der Waals surface area contributed by atoms with Crippen molar-refractivity contribution in [2.45, 2.75) is 171 Å². The van der Waals surface area contributed by atoms with E-state index in [1.165, 1.54) is 56.4 Å². The van der Waals surface area contributed by atoms with Gasteiger partial charge in [-0.15, -0.1) is 0 Å². The van der Waals surface area contributed by atoms with Gasteiger partial charge in [-0.3, -0.25) is 19.2 Å². The number of benzene rings is 3. The predicted octanol–water partition coefficient (Wildman–Crippen LogP) is 13.1. The van der Waals surface area contributed by atoms with Gasteiger partial charge in [0, 0.05) is 82.8 Å². The van der Waals surface area contributed by atoms with Gasteiger partial charge < -0.3 is 38.9 Å². The molecule has 2 aliphatic carbocycles. The van der Waals surface area contributed by atoms with Crippen LogP contribution < -0.4 is 22.2 Å². The summed E-state index contributed by atoms with van der Waals surface area (Å²) in [5, 5.41) is 32.5. The zero-order valence-electron chi connectivity index (χ0n) is 64.2. The van der Waals surface area contributed by atoms with Crippen molar-refractivity contribution in [1.82, 2.24) is 88.8 Å². The molecule has 0 amide bonds. The summed E-state index contributed by atoms with van der Waals surface area (Å²) in [6.07, 6.45) is 13.7. The Bertz CT molecular complexity index is 5850. The van der Waals surface area contributed by atoms with Gasteiger partial charge >= 0.3 is 12.4 Å². The molecule has 5 unspecified atom stereocenters. The molecule has 2 saturated carbocycles. The summed E-state index contributed by atoms with van der Waals surface area (Å²) >= 11 is 0. The molecule has 35 heteroatoms. The number of nitrogens with zero attached hydrogens (tertiary/aromatic N) is 16. The lowest BCUT2D eigenvalue weighted by molar-refractivity contribution is -0.175. The number of hydrogen-bond donors (Lipinski definition) is 4. The van der Waals surface area contributed by atoms with Crippen LogP contribution in [0.4, 0.5) is 36.6 Å². The number of hydrogen-bond acceptors (Lipinski definition) is 19. The number of ether oxygens (including phenoxy) is 4. The average molecular weight is 1610 g/mol. The topological polar surface area (TPSA) is 345 Å². The summed E-state index contributed by atoms with van der Waals surface area (Å²) in [6.45, 7) is 11.1. The number of halogens is 7. The second-order valence-corrected chi connectivity index (χ2v) is 30.5. The second kappa shape index (κ2) is 35.5. The third-order valence-corrected chi connectivity index (χ3v) is 22.3. The van der Waals surface area contributed by atoms with Crippen molar-refractivity contribution in [1.29, 1.82) is 5.26 Å². The van der Waals surface area contributed by atoms with Gasteiger partial charge in [-0.05, 0) is 116 Å². The van der Waals surface area contributed by atoms with Crippen LogP contribution in [-0.4, -0.2) is 154 Å². The molecule has 117 heavy (non-hydrogen) atoms. The van der Waals surface area contributed by atoms with Crippen molar-refractivity contribution in [2.24, 2.45) is 16.8 Å². The number of alkyl halides is 6. The van der Waals surface area contributed by atoms with Gasteiger partial charge in [-0.1, -0.05) is 81.7 Å². The molecule has 4 saturated heterocycles. The van der Waals surface area contributed by atoms with E-state index in [0.29, 0.717) is 94.9 Å². The van der Waals surface area contributed by atoms with Gasteiger partial charge in [0.25, 0.3) is 22.2 Å². The molecule has 5 atom stereocenters. The van der Waals surface area contributed by atoms with Crippen LogP contribution in [0.1, 0.15) is 184 Å². The molecular weight excluding hydrogens is 1530 g/mol. The Morgan fingerprint density at radius 3 is 1.49 bits per heavy atom. The highest BCUT2D eigenvalue weighted by Crippen LogP contribution is 2.39. The van der Waals surface area contributed by atoms with Crippen molar-refractivity contribution in [3.8, 4) is 6.07 Å². The first kappa shape index (κ1) is 80.7. The molecule has 9 aromatic heterocycles. The van der Waals surface area contributed by atoms with Crippen molar-refractivity contribution in [3.63, 3.8) is 0 Å². The Morgan fingerprint density at radius 1 is 0.521 bits per heavy atom. The Morgan fingerprint density at radius 2 is 0.991 bits per heavy atom. The Kier molecular flexibility index (Phi) is 24.5. The van der Waals surface area contributed by atoms with Gasteiger partial charge in [0.05, 0.1) is 104 Å². The Labute approximate surface area is 663 Å². The van der Waals surface area contributed by atoms with E-state index in [2.05, 4.69) is 78.0 Å². The van der Waals surface area contributed by atoms with Crippen molar-refractivity contribution in [2.75, 3.05) is 52.9 Å². The van der Waals surface area contributed by atoms with E-state index in [1.54, 1.807) is 40.0 Å². The van der Waals surface area contributed by atoms with Crippen LogP contribution in [-0.2, 0) is 57.2 Å². The maximum atomic E-state index is 13.2. The Balaban J connectivity index is 0.000000115. The van der Waals surface area contributed by atoms with Gasteiger partial charge in [-0.25, -0.2) is 52.7 Å². The van der Waals surface area contributed by atoms with E-state index >= 15 is 0 Å². The van der Waals surface area contributed by atoms with Crippen LogP contribution in [0.3, 0.4) is 0 Å². The first-order chi connectivity index (χ1) is 56.6. The first-order valence-electron chi connectivity index (χ1n) is 39.5. The fraction of sp³-hybridized carbons (Fsp3) is 0.451. The fourth-order valence-electron chi connectivity index (χ4n) is 16.1. The van der Waals surface area contributed by atoms with Crippen molar-refractivity contribution in [3.05, 3.63) is 214 Å². The molecule has 5 aliphatic heterocycles. The first-order valence-corrected chi connectivity index (χ1v) is 39.5. The quantitative estimate of drug-likeness (QED) is 0.0653. The smallest absolute Gasteiger partial charge is 0.381 e. The Hall–Kier alpha value is -11.5. The lowest BCUT2D eigenvalue weighted by atomic mass is 9.96. The number of aliphatic imine (C=N–C) groups is 1. The van der Waals surface area contributed by atoms with E-state index in [4.69, 9.17) is 29.2 Å². The summed E-state index contributed by atoms with van der Waals surface area (Å²) in [7, 11) is 0. The monoisotopic (exact) mass is 1610 g/mol. The number of allylic oxidation sites excluding steroid dienone is 1. The molecule has 612 valence electrons. The standard InChI is InChI=1S/C19H18N4O.C18H17F3N4O.C17H17FN4O.C14H17F3N4O2.C14H18N4O3/c1-13-7-16(9-14-3-2-4-15(8-14)10-20)22-19-18(13)11-21-23(19)17-5-6-24-12-17;19-18(20,21)14-8-4-1-5-11(14)9-15-23-16-13(17(26)24-15)10-22-25(16)12-6-2-3-7-12;18-12-7-5-11(6-8-12)9-15-20-16-14(17(23)21-15)10-19-22(16)13-3-1-2-4-13;1-2-8(14(15,16)17)5-11-19-12-10(13(22)20-11)6-18-21(12)9-3-4-23-7-9;19-14-11-6-15-18(10-2-4-21-8-10)13(11)16-12(17-14)5-9-1-3-20-7-9/h2-4,8,11,17H,1,5-7,9,12H2;1,4-5,8,10,12H,2-3,6-7,9H2,(H,23,24,26);5-8,10,13H,1-4,9H2,(H,20,21,23);6,8-9H,2-5,7H2,1H3,(H,19,20,22);6,9-10H,1-5,7-8H2,(H,16,17,19). The molecule has 7 aliphatic rings. The van der Waals surface area contributed by atoms with E-state index in [0.717, 1.165) is 156 Å². The highest BCUT2D eigenvalue weighted by atomic mass is 19.4. The fourth-order valence-corrected chi connectivity index (χ4v) is 16.1. The summed E-state index contributed by atoms with van der Waals surface area (Å²) in [4.78, 5) is 82.4. The van der Waals surface area contributed by atoms with E-state index in [-0.39, 0.29) is 88.5 Å². The lowest BCUT2D eigenvalue weighted by Gasteiger charge is -2.18. The number of rotatable bonds is 16. The number of fused-ring (bicyclic) bond motifs is 5. The molecule has 19 rings (SSSR count). The van der Waals surface area contributed by atoms with Gasteiger partial charge in [-0.2, -0.15) is 57.1 Å². The summed E-state index contributed by atoms with van der Waals surface area (Å²) in [5.41, 5.74) is 6.15.